The first-order valence-corrected chi connectivity index (χ1v) is 7.37. The molecule has 1 saturated heterocycles. The maximum atomic E-state index is 12.2. The van der Waals surface area contributed by atoms with Crippen LogP contribution >= 0.6 is 0 Å². The molecular weight excluding hydrogens is 282 g/mol. The van der Waals surface area contributed by atoms with Gasteiger partial charge in [0.2, 0.25) is 5.91 Å². The number of hydrogen-bond donors (Lipinski definition) is 2. The molecule has 7 nitrogen and oxygen atoms in total. The predicted octanol–water partition coefficient (Wildman–Crippen LogP) is 0.716. The Balaban J connectivity index is 1.55. The summed E-state index contributed by atoms with van der Waals surface area (Å²) in [5.74, 6) is -0.102. The van der Waals surface area contributed by atoms with Crippen LogP contribution in [0.25, 0.3) is 0 Å². The van der Waals surface area contributed by atoms with Gasteiger partial charge in [-0.1, -0.05) is 0 Å². The maximum absolute atomic E-state index is 12.2. The fraction of sp³-hybridized carbons (Fsp3) is 0.400. The molecule has 1 aliphatic rings. The van der Waals surface area contributed by atoms with Crippen molar-refractivity contribution in [2.75, 3.05) is 13.1 Å². The second-order valence-electron chi connectivity index (χ2n) is 5.58. The van der Waals surface area contributed by atoms with Crippen molar-refractivity contribution in [3.8, 4) is 0 Å². The first kappa shape index (κ1) is 14.4. The van der Waals surface area contributed by atoms with E-state index in [9.17, 15) is 9.59 Å². The molecule has 3 heterocycles. The lowest BCUT2D eigenvalue weighted by atomic mass is 9.93. The number of nitrogens with two attached hydrogens (primary N) is 1. The van der Waals surface area contributed by atoms with Crippen molar-refractivity contribution >= 4 is 11.8 Å². The van der Waals surface area contributed by atoms with Crippen molar-refractivity contribution in [3.63, 3.8) is 0 Å². The zero-order chi connectivity index (χ0) is 15.5. The lowest BCUT2D eigenvalue weighted by molar-refractivity contribution is -0.132. The van der Waals surface area contributed by atoms with Crippen molar-refractivity contribution in [1.29, 1.82) is 0 Å². The van der Waals surface area contributed by atoms with Crippen LogP contribution in [-0.2, 0) is 11.3 Å². The minimum absolute atomic E-state index is 0.136. The van der Waals surface area contributed by atoms with Gasteiger partial charge in [0.15, 0.2) is 0 Å². The molecule has 7 heteroatoms. The summed E-state index contributed by atoms with van der Waals surface area (Å²) in [6, 6.07) is 5.53. The average Bonchev–Trinajstić information content (AvgIpc) is 3.18. The molecule has 3 N–H and O–H groups in total. The quantitative estimate of drug-likeness (QED) is 0.870. The molecule has 22 heavy (non-hydrogen) atoms. The summed E-state index contributed by atoms with van der Waals surface area (Å²) >= 11 is 0. The molecule has 3 rings (SSSR count). The van der Waals surface area contributed by atoms with E-state index in [0.717, 1.165) is 31.6 Å². The van der Waals surface area contributed by atoms with Crippen molar-refractivity contribution < 1.29 is 9.59 Å². The normalized spacial score (nSPS) is 15.9. The number of nitrogens with one attached hydrogen (secondary N) is 1. The fourth-order valence-corrected chi connectivity index (χ4v) is 2.84. The van der Waals surface area contributed by atoms with Gasteiger partial charge in [-0.15, -0.1) is 0 Å². The molecule has 0 aliphatic carbocycles. The number of aromatic nitrogens is 3. The zero-order valence-corrected chi connectivity index (χ0v) is 12.2. The lowest BCUT2D eigenvalue weighted by Crippen LogP contribution is -2.39. The van der Waals surface area contributed by atoms with Gasteiger partial charge >= 0.3 is 0 Å². The second-order valence-corrected chi connectivity index (χ2v) is 5.58. The Morgan fingerprint density at radius 1 is 1.27 bits per heavy atom. The zero-order valence-electron chi connectivity index (χ0n) is 12.2. The van der Waals surface area contributed by atoms with Gasteiger partial charge in [-0.3, -0.25) is 14.7 Å². The predicted molar refractivity (Wildman–Crippen MR) is 80.1 cm³/mol. The van der Waals surface area contributed by atoms with E-state index < -0.39 is 5.91 Å². The molecule has 1 fully saturated rings. The number of likely N-dealkylation sites (tertiary alicyclic amines) is 1. The largest absolute Gasteiger partial charge is 0.364 e. The SMILES string of the molecule is NC(=O)c1cc(C2CCN(C(=O)Cn3cccc3)CC2)[nH]n1. The summed E-state index contributed by atoms with van der Waals surface area (Å²) in [5.41, 5.74) is 6.39. The van der Waals surface area contributed by atoms with Gasteiger partial charge in [0.05, 0.1) is 0 Å². The fourth-order valence-electron chi connectivity index (χ4n) is 2.84. The van der Waals surface area contributed by atoms with Crippen LogP contribution in [-0.4, -0.2) is 44.6 Å². The Morgan fingerprint density at radius 2 is 1.95 bits per heavy atom. The van der Waals surface area contributed by atoms with Crippen LogP contribution in [0.4, 0.5) is 0 Å². The molecule has 0 spiro atoms. The Bertz CT molecular complexity index is 653. The van der Waals surface area contributed by atoms with Crippen molar-refractivity contribution in [1.82, 2.24) is 19.7 Å². The number of rotatable bonds is 4. The minimum atomic E-state index is -0.526. The molecule has 2 aromatic rings. The summed E-state index contributed by atoms with van der Waals surface area (Å²) in [6.07, 6.45) is 5.50. The molecule has 0 radical (unpaired) electrons. The molecule has 1 aliphatic heterocycles. The minimum Gasteiger partial charge on any atom is -0.364 e. The average molecular weight is 301 g/mol. The smallest absolute Gasteiger partial charge is 0.269 e. The number of carbonyl (C=O) groups excluding carboxylic acids is 2. The standard InChI is InChI=1S/C15H19N5O2/c16-15(22)13-9-12(17-18-13)11-3-7-20(8-4-11)14(21)10-19-5-1-2-6-19/h1-2,5-6,9,11H,3-4,7-8,10H2,(H2,16,22)(H,17,18). The number of H-pyrrole nitrogens is 1. The van der Waals surface area contributed by atoms with E-state index in [4.69, 9.17) is 5.73 Å². The number of nitrogens with zero attached hydrogens (tertiary/aromatic N) is 3. The van der Waals surface area contributed by atoms with Crippen molar-refractivity contribution in [3.05, 3.63) is 42.0 Å². The number of piperidine rings is 1. The molecule has 0 aromatic carbocycles. The van der Waals surface area contributed by atoms with Gasteiger partial charge in [0.25, 0.3) is 5.91 Å². The number of aromatic amines is 1. The first-order chi connectivity index (χ1) is 10.6. The Labute approximate surface area is 128 Å². The van der Waals surface area contributed by atoms with E-state index in [0.29, 0.717) is 6.54 Å². The van der Waals surface area contributed by atoms with Gasteiger partial charge in [0, 0.05) is 37.1 Å². The molecule has 0 saturated carbocycles. The Morgan fingerprint density at radius 3 is 2.55 bits per heavy atom. The summed E-state index contributed by atoms with van der Waals surface area (Å²) in [4.78, 5) is 25.2. The summed E-state index contributed by atoms with van der Waals surface area (Å²) in [5, 5.41) is 6.79. The van der Waals surface area contributed by atoms with Gasteiger partial charge < -0.3 is 15.2 Å². The van der Waals surface area contributed by atoms with Crippen LogP contribution in [0, 0.1) is 0 Å². The van der Waals surface area contributed by atoms with E-state index >= 15 is 0 Å². The van der Waals surface area contributed by atoms with E-state index in [-0.39, 0.29) is 17.5 Å². The highest BCUT2D eigenvalue weighted by Crippen LogP contribution is 2.27. The number of hydrogen-bond acceptors (Lipinski definition) is 3. The second kappa shape index (κ2) is 6.05. The molecule has 2 amide bonds. The molecule has 2 aromatic heterocycles. The van der Waals surface area contributed by atoms with Crippen LogP contribution in [0.3, 0.4) is 0 Å². The van der Waals surface area contributed by atoms with Gasteiger partial charge in [-0.2, -0.15) is 5.10 Å². The topological polar surface area (TPSA) is 97.0 Å². The van der Waals surface area contributed by atoms with E-state index in [2.05, 4.69) is 10.2 Å². The maximum Gasteiger partial charge on any atom is 0.269 e. The third-order valence-electron chi connectivity index (χ3n) is 4.12. The highest BCUT2D eigenvalue weighted by atomic mass is 16.2. The monoisotopic (exact) mass is 301 g/mol. The third-order valence-corrected chi connectivity index (χ3v) is 4.12. The van der Waals surface area contributed by atoms with E-state index in [1.165, 1.54) is 0 Å². The van der Waals surface area contributed by atoms with E-state index in [1.54, 1.807) is 6.07 Å². The molecule has 116 valence electrons. The molecule has 0 bridgehead atoms. The van der Waals surface area contributed by atoms with Crippen LogP contribution in [0.2, 0.25) is 0 Å². The molecule has 0 unspecified atom stereocenters. The van der Waals surface area contributed by atoms with Crippen LogP contribution < -0.4 is 5.73 Å². The van der Waals surface area contributed by atoms with Crippen molar-refractivity contribution in [2.45, 2.75) is 25.3 Å². The summed E-state index contributed by atoms with van der Waals surface area (Å²) in [7, 11) is 0. The third kappa shape index (κ3) is 3.03. The van der Waals surface area contributed by atoms with Crippen LogP contribution in [0.5, 0.6) is 0 Å². The highest BCUT2D eigenvalue weighted by Gasteiger charge is 2.25. The Hall–Kier alpha value is -2.57. The summed E-state index contributed by atoms with van der Waals surface area (Å²) < 4.78 is 1.88. The lowest BCUT2D eigenvalue weighted by Gasteiger charge is -2.31. The number of carbonyl (C=O) groups is 2. The number of amides is 2. The first-order valence-electron chi connectivity index (χ1n) is 7.37. The van der Waals surface area contributed by atoms with Gasteiger partial charge in [-0.05, 0) is 31.0 Å². The van der Waals surface area contributed by atoms with Gasteiger partial charge in [-0.25, -0.2) is 0 Å². The van der Waals surface area contributed by atoms with Crippen molar-refractivity contribution in [2.24, 2.45) is 5.73 Å². The van der Waals surface area contributed by atoms with E-state index in [1.807, 2.05) is 34.0 Å². The number of primary amides is 1. The molecular formula is C15H19N5O2. The van der Waals surface area contributed by atoms with Crippen LogP contribution in [0.15, 0.2) is 30.6 Å². The molecule has 0 atom stereocenters. The Kier molecular flexibility index (Phi) is 3.95. The van der Waals surface area contributed by atoms with Gasteiger partial charge in [0.1, 0.15) is 12.2 Å². The summed E-state index contributed by atoms with van der Waals surface area (Å²) in [6.45, 7) is 1.82. The van der Waals surface area contributed by atoms with Crippen LogP contribution in [0.1, 0.15) is 34.9 Å². The highest BCUT2D eigenvalue weighted by molar-refractivity contribution is 5.90.